The van der Waals surface area contributed by atoms with Crippen LogP contribution in [-0.4, -0.2) is 17.0 Å². The summed E-state index contributed by atoms with van der Waals surface area (Å²) in [5, 5.41) is 21.3. The molecule has 0 aliphatic heterocycles. The third kappa shape index (κ3) is 3.25. The van der Waals surface area contributed by atoms with Gasteiger partial charge in [0.05, 0.1) is 23.3 Å². The molecule has 1 aliphatic rings. The molecule has 0 radical (unpaired) electrons. The molecule has 5 nitrogen and oxygen atoms in total. The van der Waals surface area contributed by atoms with Crippen molar-refractivity contribution in [3.8, 4) is 12.1 Å². The molecule has 24 heavy (non-hydrogen) atoms. The standard InChI is InChI=1S/C18H19N5S/c1-23(10-13-11-24-12-21-13)18-16(9-20)15(8-19)14-6-4-2-3-5-7-17(14)22-18/h11-12H,2-7,10H2,1H3. The van der Waals surface area contributed by atoms with Crippen molar-refractivity contribution in [2.75, 3.05) is 11.9 Å². The van der Waals surface area contributed by atoms with Gasteiger partial charge in [0.2, 0.25) is 0 Å². The second kappa shape index (κ2) is 7.42. The highest BCUT2D eigenvalue weighted by Gasteiger charge is 2.22. The molecule has 0 saturated heterocycles. The van der Waals surface area contributed by atoms with Crippen LogP contribution in [0.3, 0.4) is 0 Å². The van der Waals surface area contributed by atoms with Crippen molar-refractivity contribution in [3.05, 3.63) is 39.0 Å². The zero-order chi connectivity index (χ0) is 16.9. The van der Waals surface area contributed by atoms with Gasteiger partial charge < -0.3 is 4.90 Å². The zero-order valence-electron chi connectivity index (χ0n) is 13.7. The molecule has 0 N–H and O–H groups in total. The van der Waals surface area contributed by atoms with Crippen LogP contribution in [0.25, 0.3) is 0 Å². The Morgan fingerprint density at radius 1 is 1.12 bits per heavy atom. The topological polar surface area (TPSA) is 76.6 Å². The molecule has 2 aromatic rings. The molecule has 3 rings (SSSR count). The Morgan fingerprint density at radius 3 is 2.54 bits per heavy atom. The van der Waals surface area contributed by atoms with Gasteiger partial charge in [-0.05, 0) is 31.2 Å². The normalized spacial score (nSPS) is 14.0. The number of hydrogen-bond acceptors (Lipinski definition) is 6. The molecular weight excluding hydrogens is 318 g/mol. The van der Waals surface area contributed by atoms with Crippen molar-refractivity contribution in [1.82, 2.24) is 9.97 Å². The number of thiazole rings is 1. The molecule has 2 aromatic heterocycles. The van der Waals surface area contributed by atoms with E-state index >= 15 is 0 Å². The van der Waals surface area contributed by atoms with Crippen molar-refractivity contribution in [2.45, 2.75) is 45.1 Å². The van der Waals surface area contributed by atoms with Gasteiger partial charge in [-0.3, -0.25) is 0 Å². The summed E-state index contributed by atoms with van der Waals surface area (Å²) in [6.45, 7) is 0.578. The van der Waals surface area contributed by atoms with Crippen molar-refractivity contribution >= 4 is 17.2 Å². The lowest BCUT2D eigenvalue weighted by Gasteiger charge is -2.23. The first kappa shape index (κ1) is 16.4. The first-order chi connectivity index (χ1) is 11.7. The van der Waals surface area contributed by atoms with Gasteiger partial charge in [-0.2, -0.15) is 10.5 Å². The SMILES string of the molecule is CN(Cc1cscn1)c1nc2c(c(C#N)c1C#N)CCCCCC2. The van der Waals surface area contributed by atoms with Gasteiger partial charge in [-0.25, -0.2) is 9.97 Å². The summed E-state index contributed by atoms with van der Waals surface area (Å²) in [6, 6.07) is 4.49. The minimum absolute atomic E-state index is 0.398. The average molecular weight is 337 g/mol. The van der Waals surface area contributed by atoms with Gasteiger partial charge in [0.15, 0.2) is 0 Å². The third-order valence-corrected chi connectivity index (χ3v) is 5.06. The molecule has 1 aliphatic carbocycles. The van der Waals surface area contributed by atoms with Gasteiger partial charge in [-0.1, -0.05) is 12.8 Å². The number of anilines is 1. The molecule has 0 unspecified atom stereocenters. The van der Waals surface area contributed by atoms with Crippen LogP contribution in [0.15, 0.2) is 10.9 Å². The highest BCUT2D eigenvalue weighted by Crippen LogP contribution is 2.30. The zero-order valence-corrected chi connectivity index (χ0v) is 14.6. The monoisotopic (exact) mass is 337 g/mol. The van der Waals surface area contributed by atoms with Gasteiger partial charge in [0, 0.05) is 18.1 Å². The smallest absolute Gasteiger partial charge is 0.148 e. The van der Waals surface area contributed by atoms with E-state index in [9.17, 15) is 10.5 Å². The maximum Gasteiger partial charge on any atom is 0.148 e. The van der Waals surface area contributed by atoms with Crippen molar-refractivity contribution in [3.63, 3.8) is 0 Å². The van der Waals surface area contributed by atoms with Gasteiger partial charge in [-0.15, -0.1) is 11.3 Å². The van der Waals surface area contributed by atoms with Crippen LogP contribution in [0.5, 0.6) is 0 Å². The average Bonchev–Trinajstić information content (AvgIpc) is 3.07. The lowest BCUT2D eigenvalue weighted by molar-refractivity contribution is 0.607. The Labute approximate surface area is 146 Å². The Morgan fingerprint density at radius 2 is 1.88 bits per heavy atom. The van der Waals surface area contributed by atoms with E-state index in [0.717, 1.165) is 42.6 Å². The number of fused-ring (bicyclic) bond motifs is 1. The van der Waals surface area contributed by atoms with Crippen LogP contribution in [0, 0.1) is 22.7 Å². The van der Waals surface area contributed by atoms with Crippen molar-refractivity contribution in [2.24, 2.45) is 0 Å². The molecule has 0 aromatic carbocycles. The summed E-state index contributed by atoms with van der Waals surface area (Å²) in [5.41, 5.74) is 5.63. The van der Waals surface area contributed by atoms with E-state index in [1.165, 1.54) is 12.8 Å². The van der Waals surface area contributed by atoms with E-state index in [1.54, 1.807) is 16.8 Å². The maximum atomic E-state index is 9.67. The third-order valence-electron chi connectivity index (χ3n) is 4.42. The number of pyridine rings is 1. The Balaban J connectivity index is 2.06. The highest BCUT2D eigenvalue weighted by molar-refractivity contribution is 7.07. The molecule has 0 bridgehead atoms. The highest BCUT2D eigenvalue weighted by atomic mass is 32.1. The summed E-state index contributed by atoms with van der Waals surface area (Å²) >= 11 is 1.55. The van der Waals surface area contributed by atoms with E-state index < -0.39 is 0 Å². The van der Waals surface area contributed by atoms with Gasteiger partial charge in [0.25, 0.3) is 0 Å². The number of hydrogen-bond donors (Lipinski definition) is 0. The van der Waals surface area contributed by atoms with Crippen LogP contribution in [0.2, 0.25) is 0 Å². The second-order valence-electron chi connectivity index (χ2n) is 6.08. The maximum absolute atomic E-state index is 9.67. The van der Waals surface area contributed by atoms with Crippen LogP contribution in [0.4, 0.5) is 5.82 Å². The van der Waals surface area contributed by atoms with Crippen molar-refractivity contribution in [1.29, 1.82) is 10.5 Å². The molecule has 0 atom stereocenters. The fourth-order valence-corrected chi connectivity index (χ4v) is 3.77. The lowest BCUT2D eigenvalue weighted by Crippen LogP contribution is -2.22. The predicted octanol–water partition coefficient (Wildman–Crippen LogP) is 3.58. The second-order valence-corrected chi connectivity index (χ2v) is 6.80. The summed E-state index contributed by atoms with van der Waals surface area (Å²) in [6.07, 6.45) is 6.25. The Bertz CT molecular complexity index is 798. The number of nitriles is 2. The van der Waals surface area contributed by atoms with E-state index in [-0.39, 0.29) is 0 Å². The molecule has 0 saturated carbocycles. The van der Waals surface area contributed by atoms with Gasteiger partial charge in [0.1, 0.15) is 23.5 Å². The summed E-state index contributed by atoms with van der Waals surface area (Å²) < 4.78 is 0. The Kier molecular flexibility index (Phi) is 5.08. The van der Waals surface area contributed by atoms with Crippen LogP contribution < -0.4 is 4.90 Å². The number of aryl methyl sites for hydroxylation is 1. The molecular formula is C18H19N5S. The number of rotatable bonds is 3. The van der Waals surface area contributed by atoms with Crippen LogP contribution in [0.1, 0.15) is 53.8 Å². The number of aromatic nitrogens is 2. The largest absolute Gasteiger partial charge is 0.353 e. The molecule has 0 amide bonds. The molecule has 0 fully saturated rings. The van der Waals surface area contributed by atoms with E-state index in [1.807, 2.05) is 17.3 Å². The Hall–Kier alpha value is -2.44. The van der Waals surface area contributed by atoms with E-state index in [0.29, 0.717) is 23.5 Å². The van der Waals surface area contributed by atoms with Gasteiger partial charge >= 0.3 is 0 Å². The first-order valence-electron chi connectivity index (χ1n) is 8.18. The van der Waals surface area contributed by atoms with E-state index in [4.69, 9.17) is 4.98 Å². The lowest BCUT2D eigenvalue weighted by atomic mass is 9.91. The minimum atomic E-state index is 0.398. The van der Waals surface area contributed by atoms with Crippen LogP contribution in [-0.2, 0) is 19.4 Å². The minimum Gasteiger partial charge on any atom is -0.353 e. The molecule has 122 valence electrons. The fourth-order valence-electron chi connectivity index (χ4n) is 3.22. The summed E-state index contributed by atoms with van der Waals surface area (Å²) in [4.78, 5) is 11.0. The summed E-state index contributed by atoms with van der Waals surface area (Å²) in [5.74, 6) is 0.598. The quantitative estimate of drug-likeness (QED) is 0.855. The fraction of sp³-hybridized carbons (Fsp3) is 0.444. The van der Waals surface area contributed by atoms with E-state index in [2.05, 4.69) is 17.1 Å². The molecule has 2 heterocycles. The number of nitrogens with zero attached hydrogens (tertiary/aromatic N) is 5. The molecule has 0 spiro atoms. The first-order valence-corrected chi connectivity index (χ1v) is 9.13. The predicted molar refractivity (Wildman–Crippen MR) is 93.8 cm³/mol. The van der Waals surface area contributed by atoms with Crippen LogP contribution >= 0.6 is 11.3 Å². The summed E-state index contributed by atoms with van der Waals surface area (Å²) in [7, 11) is 1.90. The molecule has 6 heteroatoms. The van der Waals surface area contributed by atoms with Crippen molar-refractivity contribution < 1.29 is 0 Å².